The third-order valence-electron chi connectivity index (χ3n) is 6.90. The molecule has 3 heterocycles. The molecule has 0 aromatic heterocycles. The van der Waals surface area contributed by atoms with Crippen LogP contribution < -0.4 is 5.32 Å². The lowest BCUT2D eigenvalue weighted by Crippen LogP contribution is -2.53. The molecule has 1 aromatic carbocycles. The first-order valence-corrected chi connectivity index (χ1v) is 12.4. The van der Waals surface area contributed by atoms with Crippen LogP contribution in [0.2, 0.25) is 10.0 Å². The van der Waals surface area contributed by atoms with Crippen LogP contribution in [-0.2, 0) is 15.1 Å². The lowest BCUT2D eigenvalue weighted by molar-refractivity contribution is -0.133. The van der Waals surface area contributed by atoms with Gasteiger partial charge in [-0.2, -0.15) is 0 Å². The van der Waals surface area contributed by atoms with Gasteiger partial charge in [-0.15, -0.1) is 0 Å². The lowest BCUT2D eigenvalue weighted by atomic mass is 9.92. The zero-order valence-electron chi connectivity index (χ0n) is 19.0. The third-order valence-corrected chi connectivity index (χ3v) is 7.63. The van der Waals surface area contributed by atoms with Crippen LogP contribution in [-0.4, -0.2) is 89.9 Å². The molecule has 0 bridgehead atoms. The van der Waals surface area contributed by atoms with Crippen molar-refractivity contribution in [1.29, 1.82) is 0 Å². The first-order chi connectivity index (χ1) is 15.8. The molecule has 0 radical (unpaired) electrons. The van der Waals surface area contributed by atoms with E-state index in [1.165, 1.54) is 17.7 Å². The van der Waals surface area contributed by atoms with Gasteiger partial charge in [-0.3, -0.25) is 19.4 Å². The van der Waals surface area contributed by atoms with Crippen LogP contribution in [0, 0.1) is 0 Å². The highest BCUT2D eigenvalue weighted by molar-refractivity contribution is 6.42. The second kappa shape index (κ2) is 10.2. The van der Waals surface area contributed by atoms with Gasteiger partial charge in [0.05, 0.1) is 23.3 Å². The van der Waals surface area contributed by atoms with Crippen LogP contribution in [0.25, 0.3) is 0 Å². The zero-order valence-corrected chi connectivity index (χ0v) is 20.5. The molecule has 3 aliphatic heterocycles. The first kappa shape index (κ1) is 24.3. The molecule has 180 valence electrons. The number of nitrogens with zero attached hydrogens (tertiary/aromatic N) is 4. The van der Waals surface area contributed by atoms with Crippen LogP contribution in [0.5, 0.6) is 0 Å². The first-order valence-electron chi connectivity index (χ1n) is 11.6. The molecule has 8 nitrogen and oxygen atoms in total. The standard InChI is InChI=1S/C23H31Cl2N5O3/c1-23(17-6-7-18(24)19(25)14-17)21(32)30(22(33)26-23)16-28-12-10-27(11-13-28)15-20(31)29-8-4-2-3-5-9-29/h6-7,14H,2-5,8-13,15-16H2,1H3,(H,26,33)/t23-/m0/s1. The van der Waals surface area contributed by atoms with Gasteiger partial charge in [0, 0.05) is 39.3 Å². The number of hydrogen-bond acceptors (Lipinski definition) is 5. The highest BCUT2D eigenvalue weighted by Gasteiger charge is 2.49. The van der Waals surface area contributed by atoms with E-state index in [-0.39, 0.29) is 18.5 Å². The quantitative estimate of drug-likeness (QED) is 0.635. The van der Waals surface area contributed by atoms with Crippen molar-refractivity contribution < 1.29 is 14.4 Å². The van der Waals surface area contributed by atoms with Gasteiger partial charge in [0.25, 0.3) is 5.91 Å². The topological polar surface area (TPSA) is 76.2 Å². The lowest BCUT2D eigenvalue weighted by Gasteiger charge is -2.36. The van der Waals surface area contributed by atoms with Gasteiger partial charge >= 0.3 is 6.03 Å². The van der Waals surface area contributed by atoms with Gasteiger partial charge in [0.1, 0.15) is 5.54 Å². The molecule has 0 aliphatic carbocycles. The smallest absolute Gasteiger partial charge is 0.326 e. The number of benzene rings is 1. The molecule has 1 N–H and O–H groups in total. The van der Waals surface area contributed by atoms with Gasteiger partial charge in [-0.1, -0.05) is 42.1 Å². The van der Waals surface area contributed by atoms with Crippen LogP contribution in [0.15, 0.2) is 18.2 Å². The van der Waals surface area contributed by atoms with Crippen molar-refractivity contribution in [3.05, 3.63) is 33.8 Å². The average molecular weight is 496 g/mol. The molecule has 3 aliphatic rings. The number of hydrogen-bond donors (Lipinski definition) is 1. The summed E-state index contributed by atoms with van der Waals surface area (Å²) in [4.78, 5) is 46.0. The molecule has 0 unspecified atom stereocenters. The fraction of sp³-hybridized carbons (Fsp3) is 0.609. The van der Waals surface area contributed by atoms with E-state index in [9.17, 15) is 14.4 Å². The van der Waals surface area contributed by atoms with Crippen LogP contribution in [0.3, 0.4) is 0 Å². The number of likely N-dealkylation sites (tertiary alicyclic amines) is 1. The van der Waals surface area contributed by atoms with Crippen molar-refractivity contribution in [2.45, 2.75) is 38.1 Å². The summed E-state index contributed by atoms with van der Waals surface area (Å²) >= 11 is 12.1. The van der Waals surface area contributed by atoms with Crippen molar-refractivity contribution >= 4 is 41.0 Å². The molecule has 1 atom stereocenters. The van der Waals surface area contributed by atoms with E-state index >= 15 is 0 Å². The van der Waals surface area contributed by atoms with E-state index in [4.69, 9.17) is 23.2 Å². The second-order valence-corrected chi connectivity index (χ2v) is 10.1. The summed E-state index contributed by atoms with van der Waals surface area (Å²) in [6.45, 7) is 6.90. The van der Waals surface area contributed by atoms with E-state index in [0.29, 0.717) is 35.2 Å². The highest BCUT2D eigenvalue weighted by atomic mass is 35.5. The van der Waals surface area contributed by atoms with Crippen LogP contribution in [0.4, 0.5) is 4.79 Å². The Labute approximate surface area is 204 Å². The molecule has 0 spiro atoms. The number of amides is 4. The monoisotopic (exact) mass is 495 g/mol. The zero-order chi connectivity index (χ0) is 23.6. The maximum atomic E-state index is 13.2. The summed E-state index contributed by atoms with van der Waals surface area (Å²) in [5.41, 5.74) is -0.596. The number of urea groups is 1. The molecule has 4 rings (SSSR count). The van der Waals surface area contributed by atoms with Crippen molar-refractivity contribution in [1.82, 2.24) is 24.9 Å². The van der Waals surface area contributed by atoms with Crippen molar-refractivity contribution in [3.8, 4) is 0 Å². The normalized spacial score (nSPS) is 25.3. The summed E-state index contributed by atoms with van der Waals surface area (Å²) in [6, 6.07) is 4.52. The van der Waals surface area contributed by atoms with E-state index < -0.39 is 11.6 Å². The fourth-order valence-electron chi connectivity index (χ4n) is 4.73. The minimum Gasteiger partial charge on any atom is -0.342 e. The summed E-state index contributed by atoms with van der Waals surface area (Å²) in [6.07, 6.45) is 4.59. The predicted octanol–water partition coefficient (Wildman–Crippen LogP) is 2.74. The van der Waals surface area contributed by atoms with Crippen LogP contribution >= 0.6 is 23.2 Å². The predicted molar refractivity (Wildman–Crippen MR) is 127 cm³/mol. The number of piperazine rings is 1. The van der Waals surface area contributed by atoms with Gasteiger partial charge in [-0.05, 0) is 37.5 Å². The molecule has 3 saturated heterocycles. The Hall–Kier alpha value is -1.87. The molecule has 0 saturated carbocycles. The minimum atomic E-state index is -1.19. The SMILES string of the molecule is C[C@@]1(c2ccc(Cl)c(Cl)c2)NC(=O)N(CN2CCN(CC(=O)N3CCCCCC3)CC2)C1=O. The summed E-state index contributed by atoms with van der Waals surface area (Å²) < 4.78 is 0. The minimum absolute atomic E-state index is 0.205. The molecule has 4 amide bonds. The molecular weight excluding hydrogens is 465 g/mol. The fourth-order valence-corrected chi connectivity index (χ4v) is 5.03. The summed E-state index contributed by atoms with van der Waals surface area (Å²) in [7, 11) is 0. The molecule has 3 fully saturated rings. The average Bonchev–Trinajstić information content (AvgIpc) is 2.99. The maximum Gasteiger partial charge on any atom is 0.326 e. The number of nitrogens with one attached hydrogen (secondary N) is 1. The molecule has 10 heteroatoms. The van der Waals surface area contributed by atoms with Crippen molar-refractivity contribution in [2.24, 2.45) is 0 Å². The number of carbonyl (C=O) groups excluding carboxylic acids is 3. The van der Waals surface area contributed by atoms with Crippen molar-refractivity contribution in [2.75, 3.05) is 52.5 Å². The number of carbonyl (C=O) groups is 3. The molecule has 33 heavy (non-hydrogen) atoms. The molecule has 1 aromatic rings. The maximum absolute atomic E-state index is 13.2. The molecular formula is C23H31Cl2N5O3. The number of halogens is 2. The van der Waals surface area contributed by atoms with Crippen molar-refractivity contribution in [3.63, 3.8) is 0 Å². The Morgan fingerprint density at radius 1 is 0.939 bits per heavy atom. The number of rotatable bonds is 5. The van der Waals surface area contributed by atoms with Gasteiger partial charge in [-0.25, -0.2) is 9.69 Å². The van der Waals surface area contributed by atoms with Gasteiger partial charge in [0.15, 0.2) is 0 Å². The van der Waals surface area contributed by atoms with Gasteiger partial charge in [0.2, 0.25) is 5.91 Å². The van der Waals surface area contributed by atoms with Gasteiger partial charge < -0.3 is 10.2 Å². The highest BCUT2D eigenvalue weighted by Crippen LogP contribution is 2.33. The summed E-state index contributed by atoms with van der Waals surface area (Å²) in [5.74, 6) is -0.110. The Morgan fingerprint density at radius 2 is 1.58 bits per heavy atom. The van der Waals surface area contributed by atoms with Crippen LogP contribution in [0.1, 0.15) is 38.2 Å². The van der Waals surface area contributed by atoms with E-state index in [1.54, 1.807) is 25.1 Å². The van der Waals surface area contributed by atoms with E-state index in [0.717, 1.165) is 39.0 Å². The van der Waals surface area contributed by atoms with E-state index in [1.807, 2.05) is 4.90 Å². The third kappa shape index (κ3) is 5.29. The second-order valence-electron chi connectivity index (χ2n) is 9.25. The Balaban J connectivity index is 1.31. The Morgan fingerprint density at radius 3 is 2.21 bits per heavy atom. The Kier molecular flexibility index (Phi) is 7.48. The largest absolute Gasteiger partial charge is 0.342 e. The Bertz CT molecular complexity index is 913. The number of imide groups is 1. The summed E-state index contributed by atoms with van der Waals surface area (Å²) in [5, 5.41) is 3.54. The van der Waals surface area contributed by atoms with E-state index in [2.05, 4.69) is 15.1 Å².